The van der Waals surface area contributed by atoms with Gasteiger partial charge in [0.1, 0.15) is 0 Å². The van der Waals surface area contributed by atoms with Gasteiger partial charge in [-0.05, 0) is 5.92 Å². The maximum atomic E-state index is 6.70. The summed E-state index contributed by atoms with van der Waals surface area (Å²) in [6, 6.07) is 0. The summed E-state index contributed by atoms with van der Waals surface area (Å²) in [7, 11) is 0. The first-order valence-electron chi connectivity index (χ1n) is 2.64. The highest BCUT2D eigenvalue weighted by Gasteiger charge is 1.68. The number of rotatable bonds is 0. The van der Waals surface area contributed by atoms with Crippen molar-refractivity contribution in [1.29, 1.82) is 0 Å². The van der Waals surface area contributed by atoms with Crippen LogP contribution in [-0.2, 0) is 0 Å². The average Bonchev–Trinajstić information content (AvgIpc) is 1.36. The van der Waals surface area contributed by atoms with E-state index >= 15 is 0 Å². The van der Waals surface area contributed by atoms with E-state index in [9.17, 15) is 0 Å². The molecule has 0 saturated carbocycles. The van der Waals surface area contributed by atoms with Crippen LogP contribution in [0.2, 0.25) is 0 Å². The molecule has 0 heteroatoms. The standard InChI is InChI=1S/C4H10/c1-4(2)3/h4H,1-3H3/i1D2. The van der Waals surface area contributed by atoms with E-state index in [0.717, 1.165) is 0 Å². The summed E-state index contributed by atoms with van der Waals surface area (Å²) < 4.78 is 13.4. The lowest BCUT2D eigenvalue weighted by atomic mass is 10.3. The molecule has 4 heavy (non-hydrogen) atoms. The van der Waals surface area contributed by atoms with Crippen molar-refractivity contribution >= 4 is 0 Å². The van der Waals surface area contributed by atoms with Crippen molar-refractivity contribution in [1.82, 2.24) is 0 Å². The molecule has 0 heterocycles. The third-order valence-corrected chi connectivity index (χ3v) is 0. The molecule has 0 amide bonds. The molecule has 0 aliphatic carbocycles. The molecule has 0 spiro atoms. The van der Waals surface area contributed by atoms with E-state index in [1.165, 1.54) is 0 Å². The fraction of sp³-hybridized carbons (Fsp3) is 1.00. The lowest BCUT2D eigenvalue weighted by Crippen LogP contribution is -1.66. The van der Waals surface area contributed by atoms with Crippen LogP contribution in [0.5, 0.6) is 0 Å². The summed E-state index contributed by atoms with van der Waals surface area (Å²) in [5.74, 6) is 0.185. The van der Waals surface area contributed by atoms with E-state index in [1.54, 1.807) is 0 Å². The summed E-state index contributed by atoms with van der Waals surface area (Å²) in [5, 5.41) is 0. The van der Waals surface area contributed by atoms with Crippen molar-refractivity contribution in [2.24, 2.45) is 5.92 Å². The van der Waals surface area contributed by atoms with Crippen molar-refractivity contribution in [3.63, 3.8) is 0 Å². The maximum absolute atomic E-state index is 6.70. The predicted octanol–water partition coefficient (Wildman–Crippen LogP) is 1.66. The summed E-state index contributed by atoms with van der Waals surface area (Å²) in [4.78, 5) is 0. The quantitative estimate of drug-likeness (QED) is 0.399. The van der Waals surface area contributed by atoms with E-state index < -0.39 is 6.88 Å². The van der Waals surface area contributed by atoms with Crippen LogP contribution in [0.1, 0.15) is 23.5 Å². The van der Waals surface area contributed by atoms with E-state index in [1.807, 2.05) is 13.8 Å². The minimum absolute atomic E-state index is 0.185. The highest BCUT2D eigenvalue weighted by atomic mass is 13.7. The van der Waals surface area contributed by atoms with Crippen LogP contribution < -0.4 is 0 Å². The summed E-state index contributed by atoms with van der Waals surface area (Å²) in [6.45, 7) is 3.08. The zero-order chi connectivity index (χ0) is 5.15. The third kappa shape index (κ3) is 0. The molecule has 0 atom stereocenters. The first kappa shape index (κ1) is 1.44. The van der Waals surface area contributed by atoms with E-state index in [4.69, 9.17) is 2.74 Å². The van der Waals surface area contributed by atoms with Crippen LogP contribution in [-0.4, -0.2) is 0 Å². The molecule has 0 unspecified atom stereocenters. The Morgan fingerprint density at radius 1 is 1.75 bits per heavy atom. The van der Waals surface area contributed by atoms with Gasteiger partial charge in [0.2, 0.25) is 0 Å². The number of hydrogen-bond acceptors (Lipinski definition) is 0. The molecule has 0 rings (SSSR count). The van der Waals surface area contributed by atoms with Gasteiger partial charge in [-0.15, -0.1) is 0 Å². The van der Waals surface area contributed by atoms with Gasteiger partial charge in [0, 0.05) is 2.74 Å². The molecule has 0 radical (unpaired) electrons. The largest absolute Gasteiger partial charge is 0.0630 e. The lowest BCUT2D eigenvalue weighted by molar-refractivity contribution is 0.737. The average molecular weight is 60.1 g/mol. The Morgan fingerprint density at radius 3 is 2.00 bits per heavy atom. The fourth-order valence-electron chi connectivity index (χ4n) is 0. The van der Waals surface area contributed by atoms with Gasteiger partial charge in [-0.2, -0.15) is 0 Å². The predicted molar refractivity (Wildman–Crippen MR) is 20.5 cm³/mol. The Hall–Kier alpha value is 0. The molecule has 0 bridgehead atoms. The maximum Gasteiger partial charge on any atom is 0.0233 e. The van der Waals surface area contributed by atoms with Crippen LogP contribution >= 0.6 is 0 Å². The van der Waals surface area contributed by atoms with Gasteiger partial charge in [0.15, 0.2) is 0 Å². The molecule has 0 aromatic carbocycles. The number of hydrogen-bond donors (Lipinski definition) is 0. The molecular weight excluding hydrogens is 48.0 g/mol. The Balaban J connectivity index is 2.99. The molecule has 0 fully saturated rings. The van der Waals surface area contributed by atoms with Gasteiger partial charge in [0.25, 0.3) is 0 Å². The van der Waals surface area contributed by atoms with Crippen LogP contribution in [0, 0.1) is 5.92 Å². The van der Waals surface area contributed by atoms with Crippen LogP contribution in [0.15, 0.2) is 0 Å². The highest BCUT2D eigenvalue weighted by Crippen LogP contribution is 1.81. The fourth-order valence-corrected chi connectivity index (χ4v) is 0. The Labute approximate surface area is 30.6 Å². The van der Waals surface area contributed by atoms with Gasteiger partial charge in [-0.3, -0.25) is 0 Å². The first-order chi connectivity index (χ1) is 2.64. The van der Waals surface area contributed by atoms with E-state index in [2.05, 4.69) is 0 Å². The summed E-state index contributed by atoms with van der Waals surface area (Å²) in [6.07, 6.45) is 0. The smallest absolute Gasteiger partial charge is 0.0233 e. The van der Waals surface area contributed by atoms with E-state index in [0.29, 0.717) is 0 Å². The van der Waals surface area contributed by atoms with Gasteiger partial charge in [-0.1, -0.05) is 20.7 Å². The second kappa shape index (κ2) is 1.33. The van der Waals surface area contributed by atoms with Gasteiger partial charge in [0.05, 0.1) is 0 Å². The minimum Gasteiger partial charge on any atom is -0.0630 e. The molecule has 0 nitrogen and oxygen atoms in total. The topological polar surface area (TPSA) is 0 Å². The van der Waals surface area contributed by atoms with Crippen molar-refractivity contribution < 1.29 is 2.74 Å². The van der Waals surface area contributed by atoms with Gasteiger partial charge >= 0.3 is 0 Å². The monoisotopic (exact) mass is 60.1 g/mol. The zero-order valence-corrected chi connectivity index (χ0v) is 3.15. The van der Waals surface area contributed by atoms with Crippen molar-refractivity contribution in [3.05, 3.63) is 0 Å². The second-order valence-corrected chi connectivity index (χ2v) is 1.24. The summed E-state index contributed by atoms with van der Waals surface area (Å²) >= 11 is 0. The Kier molecular flexibility index (Phi) is 0.480. The second-order valence-electron chi connectivity index (χ2n) is 1.24. The summed E-state index contributed by atoms with van der Waals surface area (Å²) in [5.41, 5.74) is 0. The molecule has 0 saturated heterocycles. The SMILES string of the molecule is [2H]C([2H])C(C)C. The molecular formula is C4H10. The van der Waals surface area contributed by atoms with Crippen molar-refractivity contribution in [2.75, 3.05) is 0 Å². The van der Waals surface area contributed by atoms with Gasteiger partial charge < -0.3 is 0 Å². The first-order valence-corrected chi connectivity index (χ1v) is 1.49. The molecule has 0 aromatic heterocycles. The molecule has 0 aliphatic heterocycles. The van der Waals surface area contributed by atoms with E-state index in [-0.39, 0.29) is 5.92 Å². The molecule has 26 valence electrons. The van der Waals surface area contributed by atoms with Gasteiger partial charge in [-0.25, -0.2) is 0 Å². The normalized spacial score (nSPS) is 17.0. The zero-order valence-electron chi connectivity index (χ0n) is 5.15. The van der Waals surface area contributed by atoms with Crippen LogP contribution in [0.4, 0.5) is 0 Å². The van der Waals surface area contributed by atoms with Crippen LogP contribution in [0.3, 0.4) is 0 Å². The van der Waals surface area contributed by atoms with Crippen molar-refractivity contribution in [3.8, 4) is 0 Å². The van der Waals surface area contributed by atoms with Crippen LogP contribution in [0.25, 0.3) is 0 Å². The molecule has 0 aliphatic rings. The minimum atomic E-state index is -0.648. The Bertz CT molecular complexity index is 26.5. The third-order valence-electron chi connectivity index (χ3n) is 0. The highest BCUT2D eigenvalue weighted by molar-refractivity contribution is 4.20. The Morgan fingerprint density at radius 2 is 2.00 bits per heavy atom. The lowest BCUT2D eigenvalue weighted by Gasteiger charge is -1.79. The van der Waals surface area contributed by atoms with Crippen molar-refractivity contribution in [2.45, 2.75) is 20.7 Å². The molecule has 0 N–H and O–H groups in total. The molecule has 0 aromatic rings.